The molecule has 5 unspecified atom stereocenters. The van der Waals surface area contributed by atoms with Crippen molar-refractivity contribution in [3.63, 3.8) is 0 Å². The van der Waals surface area contributed by atoms with Gasteiger partial charge in [0, 0.05) is 32.9 Å². The molecule has 1 heterocycles. The van der Waals surface area contributed by atoms with E-state index in [2.05, 4.69) is 15.5 Å². The number of rotatable bonds is 12. The van der Waals surface area contributed by atoms with Crippen LogP contribution in [0.25, 0.3) is 0 Å². The van der Waals surface area contributed by atoms with Crippen LogP contribution in [0.1, 0.15) is 37.7 Å². The SMILES string of the molecule is COC1CC2CCCCC2CN1CC(O)C(Cc1ccccc1)NC(=O)CNC(=O)CN(C)c1ccccc1. The van der Waals surface area contributed by atoms with Gasteiger partial charge >= 0.3 is 0 Å². The fourth-order valence-corrected chi connectivity index (χ4v) is 6.10. The van der Waals surface area contributed by atoms with E-state index in [9.17, 15) is 14.7 Å². The smallest absolute Gasteiger partial charge is 0.239 e. The van der Waals surface area contributed by atoms with Crippen molar-refractivity contribution in [3.8, 4) is 0 Å². The summed E-state index contributed by atoms with van der Waals surface area (Å²) in [6.07, 6.45) is 5.75. The molecule has 0 aromatic heterocycles. The zero-order valence-corrected chi connectivity index (χ0v) is 23.3. The number of hydrogen-bond donors (Lipinski definition) is 3. The lowest BCUT2D eigenvalue weighted by Gasteiger charge is -2.46. The van der Waals surface area contributed by atoms with Crippen LogP contribution in [-0.4, -0.2) is 80.5 Å². The maximum Gasteiger partial charge on any atom is 0.239 e. The van der Waals surface area contributed by atoms with E-state index in [0.29, 0.717) is 24.8 Å². The van der Waals surface area contributed by atoms with Gasteiger partial charge in [-0.2, -0.15) is 0 Å². The summed E-state index contributed by atoms with van der Waals surface area (Å²) in [7, 11) is 3.58. The largest absolute Gasteiger partial charge is 0.390 e. The third kappa shape index (κ3) is 8.52. The maximum absolute atomic E-state index is 12.9. The molecule has 1 saturated heterocycles. The number of β-amino-alcohol motifs (C(OH)–C–C–N with tert-alkyl or cyclic N) is 1. The Kier molecular flexibility index (Phi) is 10.8. The number of anilines is 1. The minimum Gasteiger partial charge on any atom is -0.390 e. The van der Waals surface area contributed by atoms with Crippen LogP contribution in [0.4, 0.5) is 5.69 Å². The molecule has 3 N–H and O–H groups in total. The minimum atomic E-state index is -0.785. The molecule has 8 heteroatoms. The summed E-state index contributed by atoms with van der Waals surface area (Å²) < 4.78 is 5.84. The molecule has 39 heavy (non-hydrogen) atoms. The van der Waals surface area contributed by atoms with Gasteiger partial charge in [-0.3, -0.25) is 14.5 Å². The van der Waals surface area contributed by atoms with Crippen LogP contribution >= 0.6 is 0 Å². The molecule has 2 aliphatic rings. The normalized spacial score (nSPS) is 22.8. The first kappa shape index (κ1) is 29.1. The van der Waals surface area contributed by atoms with E-state index < -0.39 is 12.1 Å². The topological polar surface area (TPSA) is 94.1 Å². The van der Waals surface area contributed by atoms with Gasteiger partial charge in [0.05, 0.1) is 25.2 Å². The number of carbonyl (C=O) groups excluding carboxylic acids is 2. The second-order valence-corrected chi connectivity index (χ2v) is 11.1. The number of likely N-dealkylation sites (tertiary alicyclic amines) is 1. The van der Waals surface area contributed by atoms with E-state index in [4.69, 9.17) is 4.74 Å². The third-order valence-corrected chi connectivity index (χ3v) is 8.27. The fourth-order valence-electron chi connectivity index (χ4n) is 6.10. The molecule has 4 rings (SSSR count). The molecule has 1 aliphatic heterocycles. The van der Waals surface area contributed by atoms with Crippen LogP contribution in [0.3, 0.4) is 0 Å². The molecule has 212 valence electrons. The zero-order valence-electron chi connectivity index (χ0n) is 23.3. The number of para-hydroxylation sites is 1. The first-order chi connectivity index (χ1) is 18.9. The van der Waals surface area contributed by atoms with Crippen molar-refractivity contribution < 1.29 is 19.4 Å². The Morgan fingerprint density at radius 3 is 2.38 bits per heavy atom. The highest BCUT2D eigenvalue weighted by atomic mass is 16.5. The van der Waals surface area contributed by atoms with Crippen molar-refractivity contribution in [2.24, 2.45) is 11.8 Å². The number of methoxy groups -OCH3 is 1. The quantitative estimate of drug-likeness (QED) is 0.386. The van der Waals surface area contributed by atoms with Gasteiger partial charge in [-0.05, 0) is 55.2 Å². The van der Waals surface area contributed by atoms with Crippen molar-refractivity contribution in [1.29, 1.82) is 0 Å². The van der Waals surface area contributed by atoms with Crippen molar-refractivity contribution in [1.82, 2.24) is 15.5 Å². The number of ether oxygens (including phenoxy) is 1. The Balaban J connectivity index is 1.34. The van der Waals surface area contributed by atoms with Gasteiger partial charge in [-0.1, -0.05) is 61.4 Å². The first-order valence-corrected chi connectivity index (χ1v) is 14.2. The molecule has 8 nitrogen and oxygen atoms in total. The predicted molar refractivity (Wildman–Crippen MR) is 153 cm³/mol. The summed E-state index contributed by atoms with van der Waals surface area (Å²) in [4.78, 5) is 29.5. The van der Waals surface area contributed by atoms with Gasteiger partial charge < -0.3 is 25.4 Å². The van der Waals surface area contributed by atoms with Gasteiger partial charge in [-0.15, -0.1) is 0 Å². The Bertz CT molecular complexity index is 1040. The monoisotopic (exact) mass is 536 g/mol. The van der Waals surface area contributed by atoms with Crippen LogP contribution in [0.5, 0.6) is 0 Å². The highest BCUT2D eigenvalue weighted by Crippen LogP contribution is 2.38. The lowest BCUT2D eigenvalue weighted by molar-refractivity contribution is -0.127. The van der Waals surface area contributed by atoms with E-state index in [0.717, 1.165) is 24.2 Å². The van der Waals surface area contributed by atoms with Crippen molar-refractivity contribution in [2.75, 3.05) is 45.2 Å². The number of aliphatic hydroxyl groups excluding tert-OH is 1. The van der Waals surface area contributed by atoms with Crippen molar-refractivity contribution in [3.05, 3.63) is 66.2 Å². The van der Waals surface area contributed by atoms with Gasteiger partial charge in [0.15, 0.2) is 0 Å². The number of amides is 2. The van der Waals surface area contributed by atoms with Gasteiger partial charge in [0.25, 0.3) is 0 Å². The van der Waals surface area contributed by atoms with E-state index in [1.54, 1.807) is 7.11 Å². The molecule has 0 radical (unpaired) electrons. The fraction of sp³-hybridized carbons (Fsp3) is 0.548. The Morgan fingerprint density at radius 1 is 1.03 bits per heavy atom. The highest BCUT2D eigenvalue weighted by molar-refractivity contribution is 5.87. The number of likely N-dealkylation sites (N-methyl/N-ethyl adjacent to an activating group) is 1. The van der Waals surface area contributed by atoms with E-state index >= 15 is 0 Å². The van der Waals surface area contributed by atoms with E-state index in [1.165, 1.54) is 25.7 Å². The summed E-state index contributed by atoms with van der Waals surface area (Å²) >= 11 is 0. The summed E-state index contributed by atoms with van der Waals surface area (Å²) in [6.45, 7) is 1.33. The summed E-state index contributed by atoms with van der Waals surface area (Å²) in [5.74, 6) is 0.778. The van der Waals surface area contributed by atoms with Crippen LogP contribution in [0.15, 0.2) is 60.7 Å². The summed E-state index contributed by atoms with van der Waals surface area (Å²) in [6, 6.07) is 19.0. The van der Waals surface area contributed by atoms with Crippen LogP contribution in [-0.2, 0) is 20.7 Å². The Labute approximate surface area is 232 Å². The second kappa shape index (κ2) is 14.4. The average molecular weight is 537 g/mol. The van der Waals surface area contributed by atoms with Crippen LogP contribution in [0, 0.1) is 11.8 Å². The number of carbonyl (C=O) groups is 2. The summed E-state index contributed by atoms with van der Waals surface area (Å²) in [5.41, 5.74) is 1.96. The van der Waals surface area contributed by atoms with E-state index in [1.807, 2.05) is 72.6 Å². The van der Waals surface area contributed by atoms with Crippen LogP contribution in [0.2, 0.25) is 0 Å². The first-order valence-electron chi connectivity index (χ1n) is 14.2. The number of piperidine rings is 1. The standard InChI is InChI=1S/C31H44N4O4/c1-34(26-15-7-4-8-16-26)22-30(38)32-19-29(37)33-27(17-23-11-5-3-6-12-23)28(36)21-35-20-25-14-10-9-13-24(25)18-31(35)39-2/h3-8,11-12,15-16,24-25,27-28,31,36H,9-10,13-14,17-22H2,1-2H3,(H,32,38)(H,33,37). The molecule has 0 spiro atoms. The Morgan fingerprint density at radius 2 is 1.69 bits per heavy atom. The molecule has 1 saturated carbocycles. The van der Waals surface area contributed by atoms with Gasteiger partial charge in [-0.25, -0.2) is 0 Å². The molecule has 2 amide bonds. The summed E-state index contributed by atoms with van der Waals surface area (Å²) in [5, 5.41) is 17.1. The molecular weight excluding hydrogens is 492 g/mol. The molecule has 1 aliphatic carbocycles. The molecule has 0 bridgehead atoms. The number of hydrogen-bond acceptors (Lipinski definition) is 6. The van der Waals surface area contributed by atoms with E-state index in [-0.39, 0.29) is 31.1 Å². The van der Waals surface area contributed by atoms with Crippen LogP contribution < -0.4 is 15.5 Å². The molecule has 2 aromatic carbocycles. The third-order valence-electron chi connectivity index (χ3n) is 8.27. The molecular formula is C31H44N4O4. The number of nitrogens with zero attached hydrogens (tertiary/aromatic N) is 2. The maximum atomic E-state index is 12.9. The number of nitrogens with one attached hydrogen (secondary N) is 2. The van der Waals surface area contributed by atoms with Crippen molar-refractivity contribution in [2.45, 2.75) is 56.9 Å². The van der Waals surface area contributed by atoms with Gasteiger partial charge in [0.2, 0.25) is 11.8 Å². The number of fused-ring (bicyclic) bond motifs is 1. The Hall–Kier alpha value is -2.94. The lowest BCUT2D eigenvalue weighted by Crippen LogP contribution is -2.56. The predicted octanol–water partition coefficient (Wildman–Crippen LogP) is 2.81. The number of benzene rings is 2. The average Bonchev–Trinajstić information content (AvgIpc) is 2.96. The molecule has 5 atom stereocenters. The van der Waals surface area contributed by atoms with Gasteiger partial charge in [0.1, 0.15) is 6.23 Å². The minimum absolute atomic E-state index is 0.0204. The molecule has 2 fully saturated rings. The lowest BCUT2D eigenvalue weighted by atomic mass is 9.74. The number of aliphatic hydroxyl groups is 1. The highest BCUT2D eigenvalue weighted by Gasteiger charge is 2.38. The zero-order chi connectivity index (χ0) is 27.6. The molecule has 2 aromatic rings. The van der Waals surface area contributed by atoms with Crippen molar-refractivity contribution >= 4 is 17.5 Å². The second-order valence-electron chi connectivity index (χ2n) is 11.1.